The predicted octanol–water partition coefficient (Wildman–Crippen LogP) is 8.09. The van der Waals surface area contributed by atoms with Crippen molar-refractivity contribution < 1.29 is 8.42 Å². The van der Waals surface area contributed by atoms with Crippen LogP contribution in [-0.2, 0) is 35.9 Å². The molecule has 0 radical (unpaired) electrons. The van der Waals surface area contributed by atoms with Gasteiger partial charge in [0.15, 0.2) is 9.84 Å². The number of sulfone groups is 1. The molecule has 7 aromatic rings. The number of hydrogen-bond acceptors (Lipinski definition) is 6. The lowest BCUT2D eigenvalue weighted by Crippen LogP contribution is -2.32. The van der Waals surface area contributed by atoms with Gasteiger partial charge >= 0.3 is 0 Å². The molecule has 2 atom stereocenters. The first-order valence-corrected chi connectivity index (χ1v) is 18.8. The van der Waals surface area contributed by atoms with Crippen LogP contribution in [0.25, 0.3) is 21.9 Å². The maximum atomic E-state index is 14.1. The Bertz CT molecular complexity index is 2330. The van der Waals surface area contributed by atoms with Crippen molar-refractivity contribution in [2.24, 2.45) is 0 Å². The van der Waals surface area contributed by atoms with Gasteiger partial charge in [0.05, 0.1) is 34.2 Å². The van der Waals surface area contributed by atoms with Gasteiger partial charge in [-0.05, 0) is 79.3 Å². The second-order valence-corrected chi connectivity index (χ2v) is 15.3. The lowest BCUT2D eigenvalue weighted by atomic mass is 9.90. The van der Waals surface area contributed by atoms with Crippen LogP contribution in [0.1, 0.15) is 63.6 Å². The molecule has 0 fully saturated rings. The second-order valence-electron chi connectivity index (χ2n) is 13.3. The molecule has 252 valence electrons. The van der Waals surface area contributed by atoms with Crippen LogP contribution in [0.15, 0.2) is 126 Å². The molecule has 3 N–H and O–H groups in total. The molecule has 0 saturated heterocycles. The standard InChI is InChI=1S/C41H40N6O2S/c1-28-15-21-32(22-16-28)50(48,49)41(34-25-43-35-11-3-2-10-33(34)35)44-24-29-17-19-30(20-18-29)26-47(27-39-45-36-12-4-5-13-37(36)46-39)38-14-6-8-31-9-7-23-42-40(31)38/h2-5,7,9-13,15-23,25,38,41,43-44H,6,8,14,24,26-27H2,1H3,(H,45,46). The molecule has 3 aromatic heterocycles. The minimum absolute atomic E-state index is 0.179. The number of fused-ring (bicyclic) bond motifs is 3. The highest BCUT2D eigenvalue weighted by Gasteiger charge is 2.31. The molecule has 0 bridgehead atoms. The number of para-hydroxylation sites is 3. The Balaban J connectivity index is 1.05. The van der Waals surface area contributed by atoms with Crippen molar-refractivity contribution in [3.05, 3.63) is 161 Å². The maximum Gasteiger partial charge on any atom is 0.198 e. The Morgan fingerprint density at radius 2 is 1.62 bits per heavy atom. The molecule has 0 amide bonds. The zero-order valence-electron chi connectivity index (χ0n) is 28.0. The van der Waals surface area contributed by atoms with E-state index in [4.69, 9.17) is 9.97 Å². The van der Waals surface area contributed by atoms with Crippen LogP contribution < -0.4 is 5.32 Å². The molecule has 1 aliphatic carbocycles. The van der Waals surface area contributed by atoms with Crippen molar-refractivity contribution in [3.63, 3.8) is 0 Å². The Hall–Kier alpha value is -5.09. The van der Waals surface area contributed by atoms with Crippen molar-refractivity contribution in [2.75, 3.05) is 0 Å². The van der Waals surface area contributed by atoms with Crippen LogP contribution >= 0.6 is 0 Å². The summed E-state index contributed by atoms with van der Waals surface area (Å²) in [5.74, 6) is 0.938. The van der Waals surface area contributed by atoms with Gasteiger partial charge in [0.1, 0.15) is 11.2 Å². The number of pyridine rings is 1. The first kappa shape index (κ1) is 32.1. The minimum Gasteiger partial charge on any atom is -0.361 e. The van der Waals surface area contributed by atoms with E-state index in [0.29, 0.717) is 23.5 Å². The molecular weight excluding hydrogens is 641 g/mol. The monoisotopic (exact) mass is 680 g/mol. The summed E-state index contributed by atoms with van der Waals surface area (Å²) in [7, 11) is -3.76. The number of aryl methyl sites for hydroxylation is 2. The van der Waals surface area contributed by atoms with E-state index >= 15 is 0 Å². The van der Waals surface area contributed by atoms with Crippen molar-refractivity contribution >= 4 is 31.8 Å². The minimum atomic E-state index is -3.76. The lowest BCUT2D eigenvalue weighted by molar-refractivity contribution is 0.153. The van der Waals surface area contributed by atoms with Crippen LogP contribution in [0, 0.1) is 6.92 Å². The summed E-state index contributed by atoms with van der Waals surface area (Å²) in [6.45, 7) is 3.74. The number of rotatable bonds is 11. The SMILES string of the molecule is Cc1ccc(S(=O)(=O)C(NCc2ccc(CN(Cc3nc4ccccc4[nH]3)C3CCCc4cccnc43)cc2)c2c[nH]c3ccccc23)cc1. The molecule has 3 heterocycles. The molecule has 1 aliphatic rings. The van der Waals surface area contributed by atoms with E-state index in [-0.39, 0.29) is 6.04 Å². The van der Waals surface area contributed by atoms with Crippen molar-refractivity contribution in [1.82, 2.24) is 30.2 Å². The zero-order chi connectivity index (χ0) is 34.1. The normalized spacial score (nSPS) is 15.4. The van der Waals surface area contributed by atoms with Gasteiger partial charge in [0.2, 0.25) is 0 Å². The molecular formula is C41H40N6O2S. The molecule has 0 saturated carbocycles. The van der Waals surface area contributed by atoms with Gasteiger partial charge in [-0.1, -0.05) is 78.4 Å². The van der Waals surface area contributed by atoms with Crippen molar-refractivity contribution in [3.8, 4) is 0 Å². The molecule has 8 nitrogen and oxygen atoms in total. The Morgan fingerprint density at radius 1 is 0.860 bits per heavy atom. The molecule has 0 spiro atoms. The molecule has 0 aliphatic heterocycles. The number of hydrogen-bond donors (Lipinski definition) is 3. The molecule has 9 heteroatoms. The summed E-state index contributed by atoms with van der Waals surface area (Å²) >= 11 is 0. The summed E-state index contributed by atoms with van der Waals surface area (Å²) in [5, 5.41) is 3.37. The largest absolute Gasteiger partial charge is 0.361 e. The topological polar surface area (TPSA) is 107 Å². The molecule has 50 heavy (non-hydrogen) atoms. The van der Waals surface area contributed by atoms with Gasteiger partial charge in [0, 0.05) is 41.9 Å². The zero-order valence-corrected chi connectivity index (χ0v) is 28.8. The Labute approximate surface area is 292 Å². The third-order valence-corrected chi connectivity index (χ3v) is 11.8. The number of aromatic nitrogens is 4. The first-order chi connectivity index (χ1) is 24.4. The summed E-state index contributed by atoms with van der Waals surface area (Å²) in [6, 6.07) is 36.0. The number of H-pyrrole nitrogens is 2. The number of nitrogens with zero attached hydrogens (tertiary/aromatic N) is 3. The van der Waals surface area contributed by atoms with Gasteiger partial charge in [-0.2, -0.15) is 0 Å². The highest BCUT2D eigenvalue weighted by Crippen LogP contribution is 2.35. The van der Waals surface area contributed by atoms with Gasteiger partial charge in [0.25, 0.3) is 0 Å². The van der Waals surface area contributed by atoms with Crippen molar-refractivity contribution in [2.45, 2.75) is 62.1 Å². The predicted molar refractivity (Wildman–Crippen MR) is 198 cm³/mol. The van der Waals surface area contributed by atoms with Crippen molar-refractivity contribution in [1.29, 1.82) is 0 Å². The number of imidazole rings is 1. The smallest absolute Gasteiger partial charge is 0.198 e. The van der Waals surface area contributed by atoms with E-state index in [1.807, 2.05) is 80.0 Å². The highest BCUT2D eigenvalue weighted by molar-refractivity contribution is 7.91. The fourth-order valence-electron chi connectivity index (χ4n) is 7.26. The summed E-state index contributed by atoms with van der Waals surface area (Å²) < 4.78 is 28.3. The first-order valence-electron chi connectivity index (χ1n) is 17.2. The average molecular weight is 681 g/mol. The maximum absolute atomic E-state index is 14.1. The fourth-order valence-corrected chi connectivity index (χ4v) is 8.88. The lowest BCUT2D eigenvalue weighted by Gasteiger charge is -2.34. The summed E-state index contributed by atoms with van der Waals surface area (Å²) in [6.07, 6.45) is 6.93. The highest BCUT2D eigenvalue weighted by atomic mass is 32.2. The van der Waals surface area contributed by atoms with E-state index in [1.54, 1.807) is 12.1 Å². The van der Waals surface area contributed by atoms with E-state index in [0.717, 1.165) is 70.4 Å². The van der Waals surface area contributed by atoms with E-state index < -0.39 is 15.2 Å². The van der Waals surface area contributed by atoms with Gasteiger partial charge < -0.3 is 9.97 Å². The van der Waals surface area contributed by atoms with Gasteiger partial charge in [-0.15, -0.1) is 0 Å². The molecule has 4 aromatic carbocycles. The number of benzene rings is 4. The number of nitrogens with one attached hydrogen (secondary N) is 3. The average Bonchev–Trinajstić information content (AvgIpc) is 3.76. The van der Waals surface area contributed by atoms with E-state index in [9.17, 15) is 8.42 Å². The third-order valence-electron chi connectivity index (χ3n) is 9.86. The second kappa shape index (κ2) is 13.7. The Kier molecular flexibility index (Phi) is 8.78. The van der Waals surface area contributed by atoms with Crippen LogP contribution in [0.3, 0.4) is 0 Å². The van der Waals surface area contributed by atoms with Crippen LogP contribution in [0.5, 0.6) is 0 Å². The summed E-state index contributed by atoms with van der Waals surface area (Å²) in [5.41, 5.74) is 9.30. The molecule has 8 rings (SSSR count). The van der Waals surface area contributed by atoms with Gasteiger partial charge in [-0.3, -0.25) is 15.2 Å². The fraction of sp³-hybridized carbons (Fsp3) is 0.220. The third kappa shape index (κ3) is 6.47. The van der Waals surface area contributed by atoms with E-state index in [1.165, 1.54) is 11.1 Å². The summed E-state index contributed by atoms with van der Waals surface area (Å²) in [4.78, 5) is 19.3. The molecule has 2 unspecified atom stereocenters. The van der Waals surface area contributed by atoms with Crippen LogP contribution in [0.4, 0.5) is 0 Å². The van der Waals surface area contributed by atoms with Crippen LogP contribution in [-0.4, -0.2) is 33.3 Å². The number of aromatic amines is 2. The Morgan fingerprint density at radius 3 is 2.44 bits per heavy atom. The van der Waals surface area contributed by atoms with E-state index in [2.05, 4.69) is 56.6 Å². The van der Waals surface area contributed by atoms with Gasteiger partial charge in [-0.25, -0.2) is 13.4 Å². The van der Waals surface area contributed by atoms with Crippen LogP contribution in [0.2, 0.25) is 0 Å². The quantitative estimate of drug-likeness (QED) is 0.128.